The Bertz CT molecular complexity index is 175. The maximum atomic E-state index is 8.82. The monoisotopic (exact) mass is 228 g/mol. The first-order valence-corrected chi connectivity index (χ1v) is 6.88. The largest absolute Gasteiger partial charge is 0.396 e. The highest BCUT2D eigenvalue weighted by molar-refractivity contribution is 4.84. The van der Waals surface area contributed by atoms with Gasteiger partial charge in [0.1, 0.15) is 0 Å². The number of likely N-dealkylation sites (N-methyl/N-ethyl adjacent to an activating group) is 1. The summed E-state index contributed by atoms with van der Waals surface area (Å²) in [6, 6.07) is 1.30. The van der Waals surface area contributed by atoms with Crippen molar-refractivity contribution >= 4 is 0 Å². The summed E-state index contributed by atoms with van der Waals surface area (Å²) in [7, 11) is 0. The number of hydrogen-bond acceptors (Lipinski definition) is 3. The Balaban J connectivity index is 2.36. The third kappa shape index (κ3) is 4.40. The molecule has 0 aromatic heterocycles. The van der Waals surface area contributed by atoms with E-state index in [1.807, 2.05) is 0 Å². The Kier molecular flexibility index (Phi) is 7.01. The van der Waals surface area contributed by atoms with Crippen LogP contribution >= 0.6 is 0 Å². The summed E-state index contributed by atoms with van der Waals surface area (Å²) in [6.45, 7) is 8.27. The molecule has 1 saturated heterocycles. The lowest BCUT2D eigenvalue weighted by Crippen LogP contribution is -2.51. The Hall–Kier alpha value is -0.120. The lowest BCUT2D eigenvalue weighted by Gasteiger charge is -2.39. The fourth-order valence-electron chi connectivity index (χ4n) is 2.75. The molecule has 1 aliphatic rings. The van der Waals surface area contributed by atoms with E-state index in [1.54, 1.807) is 0 Å². The molecule has 1 fully saturated rings. The summed E-state index contributed by atoms with van der Waals surface area (Å²) in [4.78, 5) is 2.62. The van der Waals surface area contributed by atoms with Crippen molar-refractivity contribution < 1.29 is 5.11 Å². The van der Waals surface area contributed by atoms with Crippen LogP contribution in [0.2, 0.25) is 0 Å². The number of aliphatic hydroxyl groups is 1. The average Bonchev–Trinajstić information content (AvgIpc) is 2.30. The van der Waals surface area contributed by atoms with E-state index < -0.39 is 0 Å². The summed E-state index contributed by atoms with van der Waals surface area (Å²) in [5.74, 6) is 0. The van der Waals surface area contributed by atoms with Gasteiger partial charge >= 0.3 is 0 Å². The van der Waals surface area contributed by atoms with E-state index >= 15 is 0 Å². The van der Waals surface area contributed by atoms with Crippen molar-refractivity contribution in [2.75, 3.05) is 26.2 Å². The van der Waals surface area contributed by atoms with Crippen molar-refractivity contribution in [1.29, 1.82) is 0 Å². The molecule has 2 atom stereocenters. The van der Waals surface area contributed by atoms with Crippen LogP contribution in [0, 0.1) is 0 Å². The van der Waals surface area contributed by atoms with E-state index in [4.69, 9.17) is 5.11 Å². The van der Waals surface area contributed by atoms with Gasteiger partial charge in [0, 0.05) is 18.7 Å². The molecule has 2 N–H and O–H groups in total. The molecule has 0 radical (unpaired) electrons. The molecule has 0 saturated carbocycles. The maximum absolute atomic E-state index is 8.82. The molecule has 0 bridgehead atoms. The second-order valence-electron chi connectivity index (χ2n) is 4.88. The van der Waals surface area contributed by atoms with E-state index in [2.05, 4.69) is 24.1 Å². The number of nitrogens with one attached hydrogen (secondary N) is 1. The first-order chi connectivity index (χ1) is 7.79. The van der Waals surface area contributed by atoms with Gasteiger partial charge in [-0.05, 0) is 52.2 Å². The van der Waals surface area contributed by atoms with Crippen molar-refractivity contribution in [2.24, 2.45) is 0 Å². The van der Waals surface area contributed by atoms with Crippen molar-refractivity contribution in [3.8, 4) is 0 Å². The normalized spacial score (nSPS) is 24.6. The number of aliphatic hydroxyl groups excluding tert-OH is 1. The molecule has 16 heavy (non-hydrogen) atoms. The molecule has 0 amide bonds. The molecule has 2 unspecified atom stereocenters. The summed E-state index contributed by atoms with van der Waals surface area (Å²) in [6.07, 6.45) is 6.11. The second-order valence-corrected chi connectivity index (χ2v) is 4.88. The number of hydrogen-bond donors (Lipinski definition) is 2. The van der Waals surface area contributed by atoms with Crippen LogP contribution in [0.25, 0.3) is 0 Å². The highest BCUT2D eigenvalue weighted by Gasteiger charge is 2.25. The molecule has 3 nitrogen and oxygen atoms in total. The summed E-state index contributed by atoms with van der Waals surface area (Å²) >= 11 is 0. The predicted molar refractivity (Wildman–Crippen MR) is 68.7 cm³/mol. The van der Waals surface area contributed by atoms with Gasteiger partial charge in [-0.2, -0.15) is 0 Å². The number of piperidine rings is 1. The molecule has 1 heterocycles. The van der Waals surface area contributed by atoms with Gasteiger partial charge < -0.3 is 10.4 Å². The standard InChI is InChI=1S/C13H28N2O/c1-3-14-12(2)13-8-4-5-9-15(13)10-6-7-11-16/h12-14,16H,3-11H2,1-2H3. The molecule has 0 aromatic carbocycles. The van der Waals surface area contributed by atoms with Gasteiger partial charge in [0.15, 0.2) is 0 Å². The van der Waals surface area contributed by atoms with Gasteiger partial charge in [-0.1, -0.05) is 13.3 Å². The fourth-order valence-corrected chi connectivity index (χ4v) is 2.75. The van der Waals surface area contributed by atoms with Crippen LogP contribution < -0.4 is 5.32 Å². The van der Waals surface area contributed by atoms with Gasteiger partial charge in [-0.15, -0.1) is 0 Å². The van der Waals surface area contributed by atoms with E-state index in [-0.39, 0.29) is 0 Å². The van der Waals surface area contributed by atoms with E-state index in [9.17, 15) is 0 Å². The maximum Gasteiger partial charge on any atom is 0.0431 e. The second kappa shape index (κ2) is 8.04. The minimum Gasteiger partial charge on any atom is -0.396 e. The molecule has 3 heteroatoms. The van der Waals surface area contributed by atoms with E-state index in [1.165, 1.54) is 25.8 Å². The molecule has 96 valence electrons. The quantitative estimate of drug-likeness (QED) is 0.650. The van der Waals surface area contributed by atoms with Crippen LogP contribution in [0.5, 0.6) is 0 Å². The van der Waals surface area contributed by atoms with Crippen molar-refractivity contribution in [3.63, 3.8) is 0 Å². The molecule has 1 rings (SSSR count). The first kappa shape index (κ1) is 13.9. The molecule has 0 aromatic rings. The van der Waals surface area contributed by atoms with Crippen LogP contribution in [0.3, 0.4) is 0 Å². The topological polar surface area (TPSA) is 35.5 Å². The highest BCUT2D eigenvalue weighted by Crippen LogP contribution is 2.20. The van der Waals surface area contributed by atoms with Gasteiger partial charge in [0.05, 0.1) is 0 Å². The number of rotatable bonds is 7. The average molecular weight is 228 g/mol. The van der Waals surface area contributed by atoms with Crippen molar-refractivity contribution in [1.82, 2.24) is 10.2 Å². The Morgan fingerprint density at radius 2 is 2.19 bits per heavy atom. The van der Waals surface area contributed by atoms with Crippen LogP contribution in [-0.2, 0) is 0 Å². The Morgan fingerprint density at radius 1 is 1.38 bits per heavy atom. The lowest BCUT2D eigenvalue weighted by molar-refractivity contribution is 0.115. The van der Waals surface area contributed by atoms with Gasteiger partial charge in [0.25, 0.3) is 0 Å². The zero-order chi connectivity index (χ0) is 11.8. The first-order valence-electron chi connectivity index (χ1n) is 6.88. The van der Waals surface area contributed by atoms with E-state index in [0.29, 0.717) is 18.7 Å². The zero-order valence-corrected chi connectivity index (χ0v) is 10.9. The number of unbranched alkanes of at least 4 members (excludes halogenated alkanes) is 1. The van der Waals surface area contributed by atoms with Gasteiger partial charge in [-0.3, -0.25) is 4.90 Å². The minimum atomic E-state index is 0.335. The van der Waals surface area contributed by atoms with Crippen molar-refractivity contribution in [3.05, 3.63) is 0 Å². The SMILES string of the molecule is CCNC(C)C1CCCCN1CCCCO. The van der Waals surface area contributed by atoms with E-state index in [0.717, 1.165) is 25.9 Å². The summed E-state index contributed by atoms with van der Waals surface area (Å²) in [5, 5.41) is 12.4. The third-order valence-electron chi connectivity index (χ3n) is 3.62. The fraction of sp³-hybridized carbons (Fsp3) is 1.00. The molecular weight excluding hydrogens is 200 g/mol. The van der Waals surface area contributed by atoms with Crippen LogP contribution in [0.4, 0.5) is 0 Å². The van der Waals surface area contributed by atoms with Crippen LogP contribution in [-0.4, -0.2) is 48.3 Å². The summed E-state index contributed by atoms with van der Waals surface area (Å²) in [5.41, 5.74) is 0. The lowest BCUT2D eigenvalue weighted by atomic mass is 9.96. The number of nitrogens with zero attached hydrogens (tertiary/aromatic N) is 1. The van der Waals surface area contributed by atoms with Crippen molar-refractivity contribution in [2.45, 2.75) is 58.0 Å². The summed E-state index contributed by atoms with van der Waals surface area (Å²) < 4.78 is 0. The zero-order valence-electron chi connectivity index (χ0n) is 10.9. The van der Waals surface area contributed by atoms with Gasteiger partial charge in [-0.25, -0.2) is 0 Å². The predicted octanol–water partition coefficient (Wildman–Crippen LogP) is 1.61. The smallest absolute Gasteiger partial charge is 0.0431 e. The van der Waals surface area contributed by atoms with Crippen LogP contribution in [0.15, 0.2) is 0 Å². The molecule has 0 aliphatic carbocycles. The van der Waals surface area contributed by atoms with Gasteiger partial charge in [0.2, 0.25) is 0 Å². The highest BCUT2D eigenvalue weighted by atomic mass is 16.2. The third-order valence-corrected chi connectivity index (χ3v) is 3.62. The number of likely N-dealkylation sites (tertiary alicyclic amines) is 1. The molecular formula is C13H28N2O. The molecule has 0 spiro atoms. The Labute approximate surface area is 100 Å². The van der Waals surface area contributed by atoms with Crippen LogP contribution in [0.1, 0.15) is 46.0 Å². The molecule has 1 aliphatic heterocycles. The Morgan fingerprint density at radius 3 is 2.88 bits per heavy atom. The minimum absolute atomic E-state index is 0.335.